The van der Waals surface area contributed by atoms with Gasteiger partial charge < -0.3 is 15.3 Å². The van der Waals surface area contributed by atoms with Crippen LogP contribution in [0.2, 0.25) is 0 Å². The van der Waals surface area contributed by atoms with Gasteiger partial charge in [-0.25, -0.2) is 9.97 Å². The van der Waals surface area contributed by atoms with Gasteiger partial charge in [-0.2, -0.15) is 0 Å². The number of carbonyl (C=O) groups is 1. The second-order valence-corrected chi connectivity index (χ2v) is 4.47. The summed E-state index contributed by atoms with van der Waals surface area (Å²) in [6.07, 6.45) is -0.126. The van der Waals surface area contributed by atoms with Gasteiger partial charge >= 0.3 is 5.97 Å². The number of benzene rings is 1. The third-order valence-electron chi connectivity index (χ3n) is 2.98. The number of aliphatic carboxylic acids is 1. The molecule has 2 aromatic rings. The van der Waals surface area contributed by atoms with Crippen LogP contribution < -0.4 is 0 Å². The predicted molar refractivity (Wildman–Crippen MR) is 71.6 cm³/mol. The van der Waals surface area contributed by atoms with Crippen LogP contribution in [0.1, 0.15) is 17.0 Å². The van der Waals surface area contributed by atoms with Crippen molar-refractivity contribution in [2.45, 2.75) is 20.3 Å². The summed E-state index contributed by atoms with van der Waals surface area (Å²) in [6.45, 7) is 3.44. The van der Waals surface area contributed by atoms with E-state index in [4.69, 9.17) is 5.11 Å². The number of aryl methyl sites for hydroxylation is 2. The minimum absolute atomic E-state index is 0.126. The van der Waals surface area contributed by atoms with Crippen molar-refractivity contribution in [3.8, 4) is 22.9 Å². The zero-order chi connectivity index (χ0) is 14.9. The average molecular weight is 274 g/mol. The number of carboxylic acids is 1. The van der Waals surface area contributed by atoms with Gasteiger partial charge in [0.2, 0.25) is 0 Å². The van der Waals surface area contributed by atoms with Gasteiger partial charge in [-0.1, -0.05) is 0 Å². The van der Waals surface area contributed by atoms with Crippen LogP contribution in [0.25, 0.3) is 11.4 Å². The third-order valence-corrected chi connectivity index (χ3v) is 2.98. The molecular weight excluding hydrogens is 260 g/mol. The molecule has 0 aliphatic heterocycles. The van der Waals surface area contributed by atoms with Gasteiger partial charge in [0.15, 0.2) is 17.3 Å². The summed E-state index contributed by atoms with van der Waals surface area (Å²) in [4.78, 5) is 19.3. The van der Waals surface area contributed by atoms with E-state index in [0.717, 1.165) is 0 Å². The normalized spacial score (nSPS) is 10.5. The maximum atomic E-state index is 10.8. The van der Waals surface area contributed by atoms with E-state index in [1.807, 2.05) is 0 Å². The fourth-order valence-corrected chi connectivity index (χ4v) is 1.94. The van der Waals surface area contributed by atoms with Crippen molar-refractivity contribution in [3.05, 3.63) is 35.2 Å². The van der Waals surface area contributed by atoms with Crippen LogP contribution >= 0.6 is 0 Å². The van der Waals surface area contributed by atoms with Crippen LogP contribution in [0.4, 0.5) is 0 Å². The molecule has 104 valence electrons. The average Bonchev–Trinajstić information content (AvgIpc) is 2.36. The highest BCUT2D eigenvalue weighted by Crippen LogP contribution is 2.29. The molecule has 0 aliphatic rings. The Morgan fingerprint density at radius 2 is 1.70 bits per heavy atom. The maximum absolute atomic E-state index is 10.8. The predicted octanol–water partition coefficient (Wildman–Crippen LogP) is 1.80. The topological polar surface area (TPSA) is 104 Å². The van der Waals surface area contributed by atoms with Crippen molar-refractivity contribution in [1.29, 1.82) is 0 Å². The Kier molecular flexibility index (Phi) is 3.56. The van der Waals surface area contributed by atoms with Gasteiger partial charge in [0.05, 0.1) is 6.42 Å². The van der Waals surface area contributed by atoms with Crippen LogP contribution in [0.15, 0.2) is 18.2 Å². The molecule has 3 N–H and O–H groups in total. The van der Waals surface area contributed by atoms with E-state index >= 15 is 0 Å². The molecule has 0 bridgehead atoms. The number of carboxylic acid groups (broad SMARTS) is 1. The lowest BCUT2D eigenvalue weighted by molar-refractivity contribution is -0.136. The lowest BCUT2D eigenvalue weighted by Crippen LogP contribution is -2.08. The van der Waals surface area contributed by atoms with Crippen LogP contribution in [0, 0.1) is 13.8 Å². The van der Waals surface area contributed by atoms with Gasteiger partial charge in [0, 0.05) is 22.5 Å². The number of nitrogens with zero attached hydrogens (tertiary/aromatic N) is 2. The Morgan fingerprint density at radius 1 is 1.10 bits per heavy atom. The van der Waals surface area contributed by atoms with Crippen molar-refractivity contribution in [3.63, 3.8) is 0 Å². The molecule has 6 heteroatoms. The van der Waals surface area contributed by atoms with E-state index in [2.05, 4.69) is 9.97 Å². The van der Waals surface area contributed by atoms with Gasteiger partial charge in [-0.15, -0.1) is 0 Å². The summed E-state index contributed by atoms with van der Waals surface area (Å²) >= 11 is 0. The van der Waals surface area contributed by atoms with Crippen LogP contribution in [-0.2, 0) is 11.2 Å². The molecule has 20 heavy (non-hydrogen) atoms. The van der Waals surface area contributed by atoms with E-state index in [0.29, 0.717) is 28.3 Å². The van der Waals surface area contributed by atoms with Crippen LogP contribution in [0.5, 0.6) is 11.5 Å². The Bertz CT molecular complexity index is 660. The summed E-state index contributed by atoms with van der Waals surface area (Å²) in [7, 11) is 0. The fourth-order valence-electron chi connectivity index (χ4n) is 1.94. The highest BCUT2D eigenvalue weighted by Gasteiger charge is 2.13. The zero-order valence-corrected chi connectivity index (χ0v) is 11.1. The first-order chi connectivity index (χ1) is 9.38. The number of phenolic OH excluding ortho intramolecular Hbond substituents is 2. The van der Waals surface area contributed by atoms with Crippen LogP contribution in [0.3, 0.4) is 0 Å². The molecule has 0 fully saturated rings. The summed E-state index contributed by atoms with van der Waals surface area (Å²) in [5, 5.41) is 27.6. The minimum atomic E-state index is -0.935. The van der Waals surface area contributed by atoms with Crippen LogP contribution in [-0.4, -0.2) is 31.3 Å². The minimum Gasteiger partial charge on any atom is -0.504 e. The lowest BCUT2D eigenvalue weighted by Gasteiger charge is -2.09. The molecule has 6 nitrogen and oxygen atoms in total. The van der Waals surface area contributed by atoms with Gasteiger partial charge in [-0.3, -0.25) is 4.79 Å². The maximum Gasteiger partial charge on any atom is 0.307 e. The number of rotatable bonds is 3. The van der Waals surface area contributed by atoms with Crippen molar-refractivity contribution in [2.75, 3.05) is 0 Å². The van der Waals surface area contributed by atoms with Gasteiger partial charge in [-0.05, 0) is 32.0 Å². The summed E-state index contributed by atoms with van der Waals surface area (Å²) < 4.78 is 0. The SMILES string of the molecule is Cc1nc(-c2ccc(O)c(O)c2)nc(C)c1CC(=O)O. The van der Waals surface area contributed by atoms with E-state index in [-0.39, 0.29) is 17.9 Å². The largest absolute Gasteiger partial charge is 0.504 e. The smallest absolute Gasteiger partial charge is 0.307 e. The Labute approximate surface area is 115 Å². The van der Waals surface area contributed by atoms with E-state index in [1.54, 1.807) is 19.9 Å². The summed E-state index contributed by atoms with van der Waals surface area (Å²) in [6, 6.07) is 4.30. The molecule has 1 aromatic heterocycles. The molecular formula is C14H14N2O4. The highest BCUT2D eigenvalue weighted by molar-refractivity contribution is 5.71. The van der Waals surface area contributed by atoms with Gasteiger partial charge in [0.1, 0.15) is 0 Å². The molecule has 0 amide bonds. The van der Waals surface area contributed by atoms with Crippen molar-refractivity contribution in [1.82, 2.24) is 9.97 Å². The molecule has 2 rings (SSSR count). The second-order valence-electron chi connectivity index (χ2n) is 4.47. The lowest BCUT2D eigenvalue weighted by atomic mass is 10.1. The number of aromatic nitrogens is 2. The standard InChI is InChI=1S/C14H14N2O4/c1-7-10(6-13(19)20)8(2)16-14(15-7)9-3-4-11(17)12(18)5-9/h3-5,17-18H,6H2,1-2H3,(H,19,20). The summed E-state index contributed by atoms with van der Waals surface area (Å²) in [5.41, 5.74) is 2.31. The molecule has 1 heterocycles. The van der Waals surface area contributed by atoms with E-state index in [1.165, 1.54) is 12.1 Å². The monoisotopic (exact) mass is 274 g/mol. The molecule has 0 aliphatic carbocycles. The first-order valence-electron chi connectivity index (χ1n) is 5.96. The quantitative estimate of drug-likeness (QED) is 0.737. The first-order valence-corrected chi connectivity index (χ1v) is 5.96. The van der Waals surface area contributed by atoms with E-state index < -0.39 is 5.97 Å². The number of hydrogen-bond donors (Lipinski definition) is 3. The van der Waals surface area contributed by atoms with Crippen molar-refractivity contribution < 1.29 is 20.1 Å². The molecule has 1 aromatic carbocycles. The molecule has 0 spiro atoms. The zero-order valence-electron chi connectivity index (χ0n) is 11.1. The Hall–Kier alpha value is -2.63. The second kappa shape index (κ2) is 5.16. The van der Waals surface area contributed by atoms with Gasteiger partial charge in [0.25, 0.3) is 0 Å². The molecule has 0 saturated carbocycles. The molecule has 0 unspecified atom stereocenters. The first kappa shape index (κ1) is 13.8. The fraction of sp³-hybridized carbons (Fsp3) is 0.214. The number of aromatic hydroxyl groups is 2. The number of hydrogen-bond acceptors (Lipinski definition) is 5. The number of phenols is 2. The Morgan fingerprint density at radius 3 is 2.20 bits per heavy atom. The Balaban J connectivity index is 2.48. The van der Waals surface area contributed by atoms with Crippen molar-refractivity contribution in [2.24, 2.45) is 0 Å². The molecule has 0 radical (unpaired) electrons. The molecule has 0 atom stereocenters. The summed E-state index contributed by atoms with van der Waals surface area (Å²) in [5.74, 6) is -1.03. The molecule has 0 saturated heterocycles. The third kappa shape index (κ3) is 2.69. The van der Waals surface area contributed by atoms with E-state index in [9.17, 15) is 15.0 Å². The van der Waals surface area contributed by atoms with Crippen molar-refractivity contribution >= 4 is 5.97 Å². The highest BCUT2D eigenvalue weighted by atomic mass is 16.4.